The van der Waals surface area contributed by atoms with Gasteiger partial charge in [-0.15, -0.1) is 0 Å². The lowest BCUT2D eigenvalue weighted by Gasteiger charge is -2.34. The summed E-state index contributed by atoms with van der Waals surface area (Å²) in [6, 6.07) is 0.489. The molecule has 8 heteroatoms. The van der Waals surface area contributed by atoms with Gasteiger partial charge in [0.2, 0.25) is 5.91 Å². The monoisotopic (exact) mass is 385 g/mol. The Hall–Kier alpha value is -1.86. The molecule has 2 saturated heterocycles. The fraction of sp³-hybridized carbons (Fsp3) is 0.684. The van der Waals surface area contributed by atoms with Gasteiger partial charge in [-0.3, -0.25) is 4.79 Å². The van der Waals surface area contributed by atoms with Crippen LogP contribution >= 0.6 is 0 Å². The van der Waals surface area contributed by atoms with E-state index in [2.05, 4.69) is 4.98 Å². The molecule has 2 aliphatic heterocycles. The molecule has 0 aromatic carbocycles. The highest BCUT2D eigenvalue weighted by molar-refractivity contribution is 5.79. The van der Waals surface area contributed by atoms with Crippen molar-refractivity contribution in [3.8, 4) is 0 Å². The first-order valence-corrected chi connectivity index (χ1v) is 9.59. The number of anilines is 1. The standard InChI is InChI=1S/C19H23F4N3O/c20-16-8-15(19(21,22)23)9-24-17(16)25-6-4-12(5-7-25)18(27)26-10-13-2-1-3-14(13)11-26/h8-9,12-14H,1-7,10-11H2. The Morgan fingerprint density at radius 3 is 2.26 bits per heavy atom. The van der Waals surface area contributed by atoms with E-state index in [4.69, 9.17) is 0 Å². The molecular formula is C19H23F4N3O. The van der Waals surface area contributed by atoms with Crippen molar-refractivity contribution in [2.45, 2.75) is 38.3 Å². The number of amides is 1. The Bertz CT molecular complexity index is 703. The molecule has 3 aliphatic rings. The summed E-state index contributed by atoms with van der Waals surface area (Å²) in [6.45, 7) is 2.57. The molecule has 0 radical (unpaired) electrons. The third-order valence-corrected chi connectivity index (χ3v) is 6.33. The van der Waals surface area contributed by atoms with E-state index in [1.54, 1.807) is 4.90 Å². The van der Waals surface area contributed by atoms with Crippen LogP contribution in [0.2, 0.25) is 0 Å². The Balaban J connectivity index is 1.36. The van der Waals surface area contributed by atoms with Crippen molar-refractivity contribution < 1.29 is 22.4 Å². The number of likely N-dealkylation sites (tertiary alicyclic amines) is 1. The molecule has 27 heavy (non-hydrogen) atoms. The predicted molar refractivity (Wildman–Crippen MR) is 91.5 cm³/mol. The zero-order valence-corrected chi connectivity index (χ0v) is 15.0. The van der Waals surface area contributed by atoms with Gasteiger partial charge in [0.1, 0.15) is 0 Å². The van der Waals surface area contributed by atoms with E-state index >= 15 is 0 Å². The minimum absolute atomic E-state index is 0.0652. The second kappa shape index (κ2) is 6.95. The Morgan fingerprint density at radius 2 is 1.70 bits per heavy atom. The van der Waals surface area contributed by atoms with Gasteiger partial charge in [0.05, 0.1) is 5.56 Å². The van der Waals surface area contributed by atoms with E-state index in [1.807, 2.05) is 4.90 Å². The lowest BCUT2D eigenvalue weighted by molar-refractivity contribution is -0.138. The van der Waals surface area contributed by atoms with Crippen LogP contribution in [0.1, 0.15) is 37.7 Å². The van der Waals surface area contributed by atoms with Gasteiger partial charge in [0, 0.05) is 38.3 Å². The number of hydrogen-bond acceptors (Lipinski definition) is 3. The Labute approximate surface area is 155 Å². The molecule has 2 atom stereocenters. The van der Waals surface area contributed by atoms with Gasteiger partial charge in [-0.25, -0.2) is 9.37 Å². The molecule has 4 nitrogen and oxygen atoms in total. The van der Waals surface area contributed by atoms with Gasteiger partial charge in [-0.05, 0) is 43.6 Å². The van der Waals surface area contributed by atoms with E-state index in [-0.39, 0.29) is 17.6 Å². The molecule has 1 amide bonds. The molecule has 2 unspecified atom stereocenters. The van der Waals surface area contributed by atoms with Crippen LogP contribution in [0.3, 0.4) is 0 Å². The van der Waals surface area contributed by atoms with Crippen molar-refractivity contribution in [2.75, 3.05) is 31.1 Å². The number of halogens is 4. The normalized spacial score (nSPS) is 26.5. The number of nitrogens with zero attached hydrogens (tertiary/aromatic N) is 3. The van der Waals surface area contributed by atoms with Crippen LogP contribution in [-0.2, 0) is 11.0 Å². The van der Waals surface area contributed by atoms with Crippen LogP contribution in [0.15, 0.2) is 12.3 Å². The number of piperidine rings is 1. The fourth-order valence-corrected chi connectivity index (χ4v) is 4.83. The molecule has 148 valence electrons. The maximum Gasteiger partial charge on any atom is 0.417 e. The molecule has 4 rings (SSSR count). The van der Waals surface area contributed by atoms with Gasteiger partial charge >= 0.3 is 6.18 Å². The zero-order valence-electron chi connectivity index (χ0n) is 15.0. The molecule has 1 aromatic heterocycles. The average molecular weight is 385 g/mol. The molecule has 0 N–H and O–H groups in total. The van der Waals surface area contributed by atoms with Crippen LogP contribution in [-0.4, -0.2) is 42.0 Å². The first-order chi connectivity index (χ1) is 12.8. The van der Waals surface area contributed by atoms with Crippen LogP contribution < -0.4 is 4.90 Å². The number of alkyl halides is 3. The van der Waals surface area contributed by atoms with Crippen molar-refractivity contribution in [1.29, 1.82) is 0 Å². The third-order valence-electron chi connectivity index (χ3n) is 6.33. The first-order valence-electron chi connectivity index (χ1n) is 9.59. The van der Waals surface area contributed by atoms with Crippen LogP contribution in [0.25, 0.3) is 0 Å². The number of pyridine rings is 1. The highest BCUT2D eigenvalue weighted by Gasteiger charge is 2.40. The molecule has 3 fully saturated rings. The number of rotatable bonds is 2. The molecule has 0 spiro atoms. The number of hydrogen-bond donors (Lipinski definition) is 0. The molecule has 1 aromatic rings. The van der Waals surface area contributed by atoms with Crippen molar-refractivity contribution >= 4 is 11.7 Å². The van der Waals surface area contributed by atoms with Gasteiger partial charge in [-0.2, -0.15) is 13.2 Å². The minimum Gasteiger partial charge on any atom is -0.354 e. The largest absolute Gasteiger partial charge is 0.417 e. The summed E-state index contributed by atoms with van der Waals surface area (Å²) in [4.78, 5) is 20.1. The summed E-state index contributed by atoms with van der Waals surface area (Å²) in [5.41, 5.74) is -1.09. The topological polar surface area (TPSA) is 36.4 Å². The molecule has 1 saturated carbocycles. The van der Waals surface area contributed by atoms with Gasteiger partial charge in [0.15, 0.2) is 11.6 Å². The second-order valence-corrected chi connectivity index (χ2v) is 7.98. The summed E-state index contributed by atoms with van der Waals surface area (Å²) in [5, 5.41) is 0. The van der Waals surface area contributed by atoms with Crippen LogP contribution in [0.5, 0.6) is 0 Å². The van der Waals surface area contributed by atoms with Gasteiger partial charge in [0.25, 0.3) is 0 Å². The van der Waals surface area contributed by atoms with E-state index in [0.29, 0.717) is 50.0 Å². The fourth-order valence-electron chi connectivity index (χ4n) is 4.83. The summed E-state index contributed by atoms with van der Waals surface area (Å²) in [7, 11) is 0. The minimum atomic E-state index is -4.61. The van der Waals surface area contributed by atoms with Crippen LogP contribution in [0, 0.1) is 23.6 Å². The zero-order chi connectivity index (χ0) is 19.2. The number of carbonyl (C=O) groups is 1. The summed E-state index contributed by atoms with van der Waals surface area (Å²) >= 11 is 0. The van der Waals surface area contributed by atoms with Crippen molar-refractivity contribution in [3.63, 3.8) is 0 Å². The number of fused-ring (bicyclic) bond motifs is 1. The highest BCUT2D eigenvalue weighted by atomic mass is 19.4. The second-order valence-electron chi connectivity index (χ2n) is 7.98. The Kier molecular flexibility index (Phi) is 4.76. The first kappa shape index (κ1) is 18.5. The van der Waals surface area contributed by atoms with E-state index in [0.717, 1.165) is 13.1 Å². The lowest BCUT2D eigenvalue weighted by atomic mass is 9.95. The lowest BCUT2D eigenvalue weighted by Crippen LogP contribution is -2.42. The van der Waals surface area contributed by atoms with Crippen molar-refractivity contribution in [3.05, 3.63) is 23.6 Å². The quantitative estimate of drug-likeness (QED) is 0.729. The molecular weight excluding hydrogens is 362 g/mol. The van der Waals surface area contributed by atoms with Crippen molar-refractivity contribution in [1.82, 2.24) is 9.88 Å². The summed E-state index contributed by atoms with van der Waals surface area (Å²) in [6.07, 6.45) is 0.900. The van der Waals surface area contributed by atoms with Crippen LogP contribution in [0.4, 0.5) is 23.4 Å². The summed E-state index contributed by atoms with van der Waals surface area (Å²) < 4.78 is 52.1. The number of carbonyl (C=O) groups excluding carboxylic acids is 1. The van der Waals surface area contributed by atoms with E-state index < -0.39 is 17.6 Å². The smallest absolute Gasteiger partial charge is 0.354 e. The SMILES string of the molecule is O=C(C1CCN(c2ncc(C(F)(F)F)cc2F)CC1)N1CC2CCCC2C1. The van der Waals surface area contributed by atoms with Gasteiger partial charge < -0.3 is 9.80 Å². The number of aromatic nitrogens is 1. The maximum absolute atomic E-state index is 14.1. The predicted octanol–water partition coefficient (Wildman–Crippen LogP) is 3.71. The average Bonchev–Trinajstić information content (AvgIpc) is 3.22. The Morgan fingerprint density at radius 1 is 1.07 bits per heavy atom. The molecule has 0 bridgehead atoms. The molecule has 3 heterocycles. The van der Waals surface area contributed by atoms with Crippen molar-refractivity contribution in [2.24, 2.45) is 17.8 Å². The summed E-state index contributed by atoms with van der Waals surface area (Å²) in [5.74, 6) is 0.369. The maximum atomic E-state index is 14.1. The molecule has 1 aliphatic carbocycles. The third kappa shape index (κ3) is 3.62. The van der Waals surface area contributed by atoms with E-state index in [9.17, 15) is 22.4 Å². The van der Waals surface area contributed by atoms with Gasteiger partial charge in [-0.1, -0.05) is 6.42 Å². The van der Waals surface area contributed by atoms with E-state index in [1.165, 1.54) is 19.3 Å². The highest BCUT2D eigenvalue weighted by Crippen LogP contribution is 2.39.